The second-order valence-electron chi connectivity index (χ2n) is 6.88. The summed E-state index contributed by atoms with van der Waals surface area (Å²) in [5, 5.41) is 0.833. The first-order valence-corrected chi connectivity index (χ1v) is 8.98. The highest BCUT2D eigenvalue weighted by molar-refractivity contribution is 6.30. The predicted octanol–water partition coefficient (Wildman–Crippen LogP) is 2.71. The third-order valence-corrected chi connectivity index (χ3v) is 4.51. The van der Waals surface area contributed by atoms with Crippen molar-refractivity contribution in [2.45, 2.75) is 58.3 Å². The minimum absolute atomic E-state index is 0. The lowest BCUT2D eigenvalue weighted by molar-refractivity contribution is -0.890. The zero-order valence-corrected chi connectivity index (χ0v) is 16.9. The molecule has 0 fully saturated rings. The average molecular weight is 391 g/mol. The maximum absolute atomic E-state index is 5.91. The summed E-state index contributed by atoms with van der Waals surface area (Å²) in [4.78, 5) is 0. The van der Waals surface area contributed by atoms with Gasteiger partial charge in [0.2, 0.25) is 0 Å². The van der Waals surface area contributed by atoms with Crippen LogP contribution in [0.15, 0.2) is 24.3 Å². The molecule has 1 rings (SSSR count). The Bertz CT molecular complexity index is 376. The molecular weight excluding hydrogens is 358 g/mol. The van der Waals surface area contributed by atoms with Gasteiger partial charge in [0.1, 0.15) is 0 Å². The van der Waals surface area contributed by atoms with Crippen molar-refractivity contribution in [3.63, 3.8) is 0 Å². The Morgan fingerprint density at radius 3 is 1.95 bits per heavy atom. The molecule has 0 amide bonds. The quantitative estimate of drug-likeness (QED) is 0.402. The van der Waals surface area contributed by atoms with Crippen molar-refractivity contribution in [2.24, 2.45) is 0 Å². The first-order valence-electron chi connectivity index (χ1n) is 8.60. The third-order valence-electron chi connectivity index (χ3n) is 4.26. The Kier molecular flexibility index (Phi) is 12.4. The van der Waals surface area contributed by atoms with E-state index in [0.717, 1.165) is 5.02 Å². The second kappa shape index (κ2) is 12.4. The van der Waals surface area contributed by atoms with E-state index in [1.807, 2.05) is 12.1 Å². The zero-order chi connectivity index (χ0) is 15.6. The van der Waals surface area contributed by atoms with Crippen molar-refractivity contribution in [1.29, 1.82) is 0 Å². The summed E-state index contributed by atoms with van der Waals surface area (Å²) in [6.07, 6.45) is 10.7. The van der Waals surface area contributed by atoms with Crippen molar-refractivity contribution in [3.8, 4) is 0 Å². The van der Waals surface area contributed by atoms with E-state index < -0.39 is 0 Å². The molecule has 0 aliphatic heterocycles. The summed E-state index contributed by atoms with van der Waals surface area (Å²) in [5.74, 6) is 0. The van der Waals surface area contributed by atoms with Crippen LogP contribution in [0.25, 0.3) is 0 Å². The molecular formula is C19H33BrClN. The predicted molar refractivity (Wildman–Crippen MR) is 95.0 cm³/mol. The van der Waals surface area contributed by atoms with Gasteiger partial charge in [-0.2, -0.15) is 0 Å². The van der Waals surface area contributed by atoms with Crippen LogP contribution in [0, 0.1) is 0 Å². The Balaban J connectivity index is 0.00000441. The summed E-state index contributed by atoms with van der Waals surface area (Å²) in [6.45, 7) is 4.90. The van der Waals surface area contributed by atoms with Crippen LogP contribution in [-0.4, -0.2) is 31.7 Å². The monoisotopic (exact) mass is 389 g/mol. The molecule has 0 heterocycles. The number of benzene rings is 1. The fourth-order valence-corrected chi connectivity index (χ4v) is 2.90. The number of rotatable bonds is 11. The number of hydrogen-bond acceptors (Lipinski definition) is 0. The Morgan fingerprint density at radius 1 is 0.818 bits per heavy atom. The van der Waals surface area contributed by atoms with Crippen LogP contribution in [0.5, 0.6) is 0 Å². The summed E-state index contributed by atoms with van der Waals surface area (Å²) in [6, 6.07) is 8.28. The Hall–Kier alpha value is -0.0500. The van der Waals surface area contributed by atoms with E-state index >= 15 is 0 Å². The highest BCUT2D eigenvalue weighted by atomic mass is 79.9. The second-order valence-corrected chi connectivity index (χ2v) is 7.32. The molecule has 22 heavy (non-hydrogen) atoms. The first kappa shape index (κ1) is 21.9. The van der Waals surface area contributed by atoms with Gasteiger partial charge in [0, 0.05) is 5.02 Å². The molecule has 0 aromatic heterocycles. The fourth-order valence-electron chi connectivity index (χ4n) is 2.78. The molecule has 1 nitrogen and oxygen atoms in total. The minimum Gasteiger partial charge on any atom is -1.00 e. The zero-order valence-electron chi connectivity index (χ0n) is 14.6. The van der Waals surface area contributed by atoms with Crippen molar-refractivity contribution >= 4 is 11.6 Å². The van der Waals surface area contributed by atoms with Crippen molar-refractivity contribution in [1.82, 2.24) is 0 Å². The Labute approximate surface area is 153 Å². The molecule has 0 radical (unpaired) electrons. The molecule has 0 saturated carbocycles. The average Bonchev–Trinajstić information content (AvgIpc) is 2.45. The largest absolute Gasteiger partial charge is 1.00 e. The van der Waals surface area contributed by atoms with Crippen LogP contribution in [0.4, 0.5) is 0 Å². The third kappa shape index (κ3) is 10.6. The molecule has 0 aliphatic carbocycles. The first-order chi connectivity index (χ1) is 10.0. The highest BCUT2D eigenvalue weighted by Crippen LogP contribution is 2.13. The van der Waals surface area contributed by atoms with E-state index in [1.165, 1.54) is 74.5 Å². The minimum atomic E-state index is 0. The SMILES string of the molecule is CCCCCCC[N+](C)(C)CCCCc1ccc(Cl)cc1.[Br-]. The highest BCUT2D eigenvalue weighted by Gasteiger charge is 2.13. The standard InChI is InChI=1S/C19H33ClN.BrH/c1-4-5-6-7-9-16-21(2,3)17-10-8-11-18-12-14-19(20)15-13-18;/h12-15H,4-11,16-17H2,1-3H3;1H/q+1;/p-1. The summed E-state index contributed by atoms with van der Waals surface area (Å²) in [5.41, 5.74) is 1.41. The van der Waals surface area contributed by atoms with Crippen molar-refractivity contribution in [2.75, 3.05) is 27.2 Å². The van der Waals surface area contributed by atoms with Crippen LogP contribution < -0.4 is 17.0 Å². The van der Waals surface area contributed by atoms with Crippen LogP contribution in [0.3, 0.4) is 0 Å². The molecule has 0 saturated heterocycles. The van der Waals surface area contributed by atoms with Gasteiger partial charge in [-0.05, 0) is 49.8 Å². The number of halogens is 2. The molecule has 0 bridgehead atoms. The summed E-state index contributed by atoms with van der Waals surface area (Å²) < 4.78 is 1.17. The van der Waals surface area contributed by atoms with Crippen LogP contribution in [-0.2, 0) is 6.42 Å². The van der Waals surface area contributed by atoms with E-state index in [1.54, 1.807) is 0 Å². The van der Waals surface area contributed by atoms with E-state index in [9.17, 15) is 0 Å². The number of unbranched alkanes of at least 4 members (excludes halogenated alkanes) is 5. The van der Waals surface area contributed by atoms with Crippen molar-refractivity contribution < 1.29 is 21.5 Å². The van der Waals surface area contributed by atoms with Gasteiger partial charge in [0.05, 0.1) is 27.2 Å². The van der Waals surface area contributed by atoms with Crippen LogP contribution >= 0.6 is 11.6 Å². The van der Waals surface area contributed by atoms with Crippen LogP contribution in [0.1, 0.15) is 57.4 Å². The smallest absolute Gasteiger partial charge is 0.0782 e. The van der Waals surface area contributed by atoms with Gasteiger partial charge >= 0.3 is 0 Å². The summed E-state index contributed by atoms with van der Waals surface area (Å²) >= 11 is 5.91. The van der Waals surface area contributed by atoms with Crippen molar-refractivity contribution in [3.05, 3.63) is 34.9 Å². The number of nitrogens with zero attached hydrogens (tertiary/aromatic N) is 1. The molecule has 0 unspecified atom stereocenters. The maximum atomic E-state index is 5.91. The molecule has 3 heteroatoms. The molecule has 0 spiro atoms. The topological polar surface area (TPSA) is 0 Å². The van der Waals surface area contributed by atoms with Gasteiger partial charge in [-0.3, -0.25) is 0 Å². The van der Waals surface area contributed by atoms with E-state index in [4.69, 9.17) is 11.6 Å². The van der Waals surface area contributed by atoms with Gasteiger partial charge in [0.15, 0.2) is 0 Å². The maximum Gasteiger partial charge on any atom is 0.0782 e. The van der Waals surface area contributed by atoms with Gasteiger partial charge in [-0.15, -0.1) is 0 Å². The van der Waals surface area contributed by atoms with Crippen LogP contribution in [0.2, 0.25) is 5.02 Å². The number of quaternary nitrogens is 1. The normalized spacial score (nSPS) is 11.3. The number of hydrogen-bond donors (Lipinski definition) is 0. The fraction of sp³-hybridized carbons (Fsp3) is 0.684. The molecule has 0 N–H and O–H groups in total. The van der Waals surface area contributed by atoms with Gasteiger partial charge < -0.3 is 21.5 Å². The molecule has 1 aromatic rings. The van der Waals surface area contributed by atoms with Gasteiger partial charge in [-0.25, -0.2) is 0 Å². The molecule has 0 aliphatic rings. The van der Waals surface area contributed by atoms with Gasteiger partial charge in [0.25, 0.3) is 0 Å². The molecule has 128 valence electrons. The summed E-state index contributed by atoms with van der Waals surface area (Å²) in [7, 11) is 4.75. The Morgan fingerprint density at radius 2 is 1.36 bits per heavy atom. The molecule has 0 atom stereocenters. The van der Waals surface area contributed by atoms with E-state index in [-0.39, 0.29) is 17.0 Å². The molecule has 1 aromatic carbocycles. The van der Waals surface area contributed by atoms with E-state index in [0.29, 0.717) is 0 Å². The number of aryl methyl sites for hydroxylation is 1. The lowest BCUT2D eigenvalue weighted by Crippen LogP contribution is -3.00. The lowest BCUT2D eigenvalue weighted by atomic mass is 10.1. The lowest BCUT2D eigenvalue weighted by Gasteiger charge is -2.30. The van der Waals surface area contributed by atoms with Gasteiger partial charge in [-0.1, -0.05) is 49.9 Å². The van der Waals surface area contributed by atoms with E-state index in [2.05, 4.69) is 33.2 Å².